The van der Waals surface area contributed by atoms with Crippen LogP contribution in [0.2, 0.25) is 0 Å². The molecular formula is C18H27NO2S. The maximum Gasteiger partial charge on any atom is 0.138 e. The standard InChI is InChI=1S/C18H27NO2S/c1-3-4-10-22-17-12-16(21-2)11-14(18(17)20)13-19-15-8-6-5-7-9-15/h11-13,15,20H,3-10H2,1-2H3. The van der Waals surface area contributed by atoms with E-state index in [4.69, 9.17) is 4.74 Å². The summed E-state index contributed by atoms with van der Waals surface area (Å²) in [7, 11) is 1.66. The molecule has 2 rings (SSSR count). The molecule has 0 aromatic heterocycles. The molecule has 0 unspecified atom stereocenters. The number of benzene rings is 1. The molecule has 4 heteroatoms. The largest absolute Gasteiger partial charge is 0.506 e. The molecule has 0 atom stereocenters. The van der Waals surface area contributed by atoms with Gasteiger partial charge in [-0.1, -0.05) is 32.6 Å². The molecule has 0 spiro atoms. The van der Waals surface area contributed by atoms with E-state index in [1.807, 2.05) is 18.3 Å². The first kappa shape index (κ1) is 17.2. The maximum absolute atomic E-state index is 10.5. The molecule has 0 amide bonds. The summed E-state index contributed by atoms with van der Waals surface area (Å²) < 4.78 is 5.36. The second-order valence-corrected chi connectivity index (χ2v) is 6.97. The fourth-order valence-electron chi connectivity index (χ4n) is 2.67. The summed E-state index contributed by atoms with van der Waals surface area (Å²) in [6, 6.07) is 4.19. The number of phenols is 1. The molecule has 22 heavy (non-hydrogen) atoms. The Kier molecular flexibility index (Phi) is 7.10. The van der Waals surface area contributed by atoms with Crippen molar-refractivity contribution in [2.75, 3.05) is 12.9 Å². The van der Waals surface area contributed by atoms with Crippen LogP contribution >= 0.6 is 11.8 Å². The van der Waals surface area contributed by atoms with Gasteiger partial charge in [-0.15, -0.1) is 11.8 Å². The van der Waals surface area contributed by atoms with Crippen molar-refractivity contribution in [1.82, 2.24) is 0 Å². The molecular weight excluding hydrogens is 294 g/mol. The molecule has 1 N–H and O–H groups in total. The highest BCUT2D eigenvalue weighted by molar-refractivity contribution is 7.99. The molecule has 1 aliphatic rings. The molecule has 3 nitrogen and oxygen atoms in total. The first-order valence-electron chi connectivity index (χ1n) is 8.31. The van der Waals surface area contributed by atoms with Gasteiger partial charge in [0.1, 0.15) is 11.5 Å². The molecule has 1 aliphatic carbocycles. The minimum Gasteiger partial charge on any atom is -0.506 e. The number of hydrogen-bond acceptors (Lipinski definition) is 4. The fraction of sp³-hybridized carbons (Fsp3) is 0.611. The average Bonchev–Trinajstić information content (AvgIpc) is 2.56. The molecule has 1 aromatic carbocycles. The number of methoxy groups -OCH3 is 1. The molecule has 1 aromatic rings. The average molecular weight is 321 g/mol. The van der Waals surface area contributed by atoms with E-state index in [2.05, 4.69) is 11.9 Å². The van der Waals surface area contributed by atoms with Crippen molar-refractivity contribution < 1.29 is 9.84 Å². The van der Waals surface area contributed by atoms with Crippen molar-refractivity contribution >= 4 is 18.0 Å². The number of aromatic hydroxyl groups is 1. The van der Waals surface area contributed by atoms with E-state index in [-0.39, 0.29) is 0 Å². The Morgan fingerprint density at radius 3 is 2.77 bits per heavy atom. The summed E-state index contributed by atoms with van der Waals surface area (Å²) in [6.45, 7) is 2.17. The lowest BCUT2D eigenvalue weighted by Gasteiger charge is -2.17. The first-order valence-corrected chi connectivity index (χ1v) is 9.30. The lowest BCUT2D eigenvalue weighted by molar-refractivity contribution is 0.408. The van der Waals surface area contributed by atoms with Crippen molar-refractivity contribution in [1.29, 1.82) is 0 Å². The van der Waals surface area contributed by atoms with Crippen molar-refractivity contribution in [2.24, 2.45) is 4.99 Å². The van der Waals surface area contributed by atoms with Crippen LogP contribution in [-0.4, -0.2) is 30.2 Å². The molecule has 1 saturated carbocycles. The lowest BCUT2D eigenvalue weighted by Crippen LogP contribution is -2.09. The van der Waals surface area contributed by atoms with Gasteiger partial charge >= 0.3 is 0 Å². The predicted octanol–water partition coefficient (Wildman–Crippen LogP) is 5.04. The number of rotatable bonds is 7. The summed E-state index contributed by atoms with van der Waals surface area (Å²) >= 11 is 1.69. The summed E-state index contributed by atoms with van der Waals surface area (Å²) in [4.78, 5) is 5.56. The molecule has 0 aliphatic heterocycles. The van der Waals surface area contributed by atoms with Crippen LogP contribution < -0.4 is 4.74 Å². The molecule has 0 bridgehead atoms. The van der Waals surface area contributed by atoms with Crippen LogP contribution in [0.5, 0.6) is 11.5 Å². The van der Waals surface area contributed by atoms with Gasteiger partial charge in [0.25, 0.3) is 0 Å². The van der Waals surface area contributed by atoms with Gasteiger partial charge in [-0.25, -0.2) is 0 Å². The van der Waals surface area contributed by atoms with Gasteiger partial charge < -0.3 is 9.84 Å². The van der Waals surface area contributed by atoms with Crippen LogP contribution in [-0.2, 0) is 0 Å². The Labute approximate surface area is 138 Å². The highest BCUT2D eigenvalue weighted by atomic mass is 32.2. The van der Waals surface area contributed by atoms with Crippen molar-refractivity contribution in [3.8, 4) is 11.5 Å². The fourth-order valence-corrected chi connectivity index (χ4v) is 3.78. The number of ether oxygens (including phenoxy) is 1. The zero-order chi connectivity index (χ0) is 15.8. The number of aliphatic imine (C=N–C) groups is 1. The van der Waals surface area contributed by atoms with Crippen molar-refractivity contribution in [3.05, 3.63) is 17.7 Å². The van der Waals surface area contributed by atoms with E-state index < -0.39 is 0 Å². The van der Waals surface area contributed by atoms with Crippen LogP contribution in [0.25, 0.3) is 0 Å². The maximum atomic E-state index is 10.5. The quantitative estimate of drug-likeness (QED) is 0.434. The SMILES string of the molecule is CCCCSc1cc(OC)cc(C=NC2CCCCC2)c1O. The second-order valence-electron chi connectivity index (χ2n) is 5.84. The number of hydrogen-bond donors (Lipinski definition) is 1. The van der Waals surface area contributed by atoms with Gasteiger partial charge in [0.15, 0.2) is 0 Å². The highest BCUT2D eigenvalue weighted by Gasteiger charge is 2.13. The van der Waals surface area contributed by atoms with Crippen LogP contribution in [0.1, 0.15) is 57.4 Å². The summed E-state index contributed by atoms with van der Waals surface area (Å²) in [5.41, 5.74) is 0.768. The molecule has 122 valence electrons. The third-order valence-electron chi connectivity index (χ3n) is 4.07. The van der Waals surface area contributed by atoms with Gasteiger partial charge in [0.05, 0.1) is 12.0 Å². The smallest absolute Gasteiger partial charge is 0.138 e. The zero-order valence-corrected chi connectivity index (χ0v) is 14.5. The summed E-state index contributed by atoms with van der Waals surface area (Å²) in [5.74, 6) is 2.12. The van der Waals surface area contributed by atoms with Gasteiger partial charge in [0.2, 0.25) is 0 Å². The number of unbranched alkanes of at least 4 members (excludes halogenated alkanes) is 1. The van der Waals surface area contributed by atoms with Gasteiger partial charge in [-0.3, -0.25) is 4.99 Å². The van der Waals surface area contributed by atoms with E-state index in [0.717, 1.165) is 34.8 Å². The Balaban J connectivity index is 2.14. The van der Waals surface area contributed by atoms with Gasteiger partial charge in [0, 0.05) is 17.8 Å². The Hall–Kier alpha value is -1.16. The van der Waals surface area contributed by atoms with Crippen molar-refractivity contribution in [2.45, 2.75) is 62.8 Å². The lowest BCUT2D eigenvalue weighted by atomic mass is 9.96. The van der Waals surface area contributed by atoms with E-state index in [1.54, 1.807) is 18.9 Å². The van der Waals surface area contributed by atoms with E-state index in [9.17, 15) is 5.11 Å². The van der Waals surface area contributed by atoms with Crippen LogP contribution in [0.15, 0.2) is 22.0 Å². The van der Waals surface area contributed by atoms with Gasteiger partial charge in [-0.05, 0) is 37.1 Å². The van der Waals surface area contributed by atoms with Gasteiger partial charge in [-0.2, -0.15) is 0 Å². The Morgan fingerprint density at radius 1 is 1.32 bits per heavy atom. The molecule has 0 heterocycles. The normalized spacial score (nSPS) is 16.3. The monoisotopic (exact) mass is 321 g/mol. The second kappa shape index (κ2) is 9.09. The van der Waals surface area contributed by atoms with Crippen LogP contribution in [0, 0.1) is 0 Å². The minimum absolute atomic E-state index is 0.335. The Morgan fingerprint density at radius 2 is 2.09 bits per heavy atom. The molecule has 1 fully saturated rings. The van der Waals surface area contributed by atoms with Crippen molar-refractivity contribution in [3.63, 3.8) is 0 Å². The minimum atomic E-state index is 0.335. The third-order valence-corrected chi connectivity index (χ3v) is 5.18. The topological polar surface area (TPSA) is 41.8 Å². The van der Waals surface area contributed by atoms with Crippen LogP contribution in [0.4, 0.5) is 0 Å². The summed E-state index contributed by atoms with van der Waals surface area (Å²) in [6.07, 6.45) is 10.3. The molecule has 0 radical (unpaired) electrons. The number of phenolic OH excluding ortho intramolecular Hbond substituents is 1. The predicted molar refractivity (Wildman–Crippen MR) is 94.8 cm³/mol. The van der Waals surface area contributed by atoms with E-state index in [0.29, 0.717) is 11.8 Å². The zero-order valence-electron chi connectivity index (χ0n) is 13.7. The molecule has 0 saturated heterocycles. The summed E-state index contributed by atoms with van der Waals surface area (Å²) in [5, 5.41) is 10.5. The number of thioether (sulfide) groups is 1. The van der Waals surface area contributed by atoms with Crippen LogP contribution in [0.3, 0.4) is 0 Å². The Bertz CT molecular complexity index is 496. The van der Waals surface area contributed by atoms with E-state index in [1.165, 1.54) is 32.1 Å². The first-order chi connectivity index (χ1) is 10.7. The van der Waals surface area contributed by atoms with E-state index >= 15 is 0 Å². The third kappa shape index (κ3) is 4.94. The number of nitrogens with zero attached hydrogens (tertiary/aromatic N) is 1. The highest BCUT2D eigenvalue weighted by Crippen LogP contribution is 2.35.